The van der Waals surface area contributed by atoms with E-state index in [1.807, 2.05) is 0 Å². The van der Waals surface area contributed by atoms with Crippen LogP contribution in [0.1, 0.15) is 33.7 Å². The molecule has 1 N–H and O–H groups in total. The first kappa shape index (κ1) is 28.1. The van der Waals surface area contributed by atoms with Gasteiger partial charge in [0.1, 0.15) is 23.3 Å². The summed E-state index contributed by atoms with van der Waals surface area (Å²) < 4.78 is 92.5. The first-order valence-electron chi connectivity index (χ1n) is 11.6. The normalized spacial score (nSPS) is 16.3. The van der Waals surface area contributed by atoms with E-state index >= 15 is 0 Å². The van der Waals surface area contributed by atoms with Crippen molar-refractivity contribution in [1.82, 2.24) is 9.97 Å². The summed E-state index contributed by atoms with van der Waals surface area (Å²) in [5, 5.41) is 9.92. The third kappa shape index (κ3) is 5.49. The molecule has 39 heavy (non-hydrogen) atoms. The fourth-order valence-corrected chi connectivity index (χ4v) is 4.27. The number of nitrogens with zero attached hydrogens (tertiary/aromatic N) is 3. The summed E-state index contributed by atoms with van der Waals surface area (Å²) in [7, 11) is 1.46. The van der Waals surface area contributed by atoms with Crippen LogP contribution in [0.2, 0.25) is 0 Å². The van der Waals surface area contributed by atoms with E-state index in [2.05, 4.69) is 9.97 Å². The summed E-state index contributed by atoms with van der Waals surface area (Å²) >= 11 is 0. The molecule has 0 aliphatic carbocycles. The molecule has 4 rings (SSSR count). The van der Waals surface area contributed by atoms with Crippen LogP contribution < -0.4 is 14.4 Å². The van der Waals surface area contributed by atoms with Crippen molar-refractivity contribution in [2.75, 3.05) is 18.6 Å². The van der Waals surface area contributed by atoms with Gasteiger partial charge in [-0.25, -0.2) is 4.98 Å². The lowest BCUT2D eigenvalue weighted by Gasteiger charge is -2.33. The molecule has 0 bridgehead atoms. The molecule has 2 heterocycles. The first-order valence-corrected chi connectivity index (χ1v) is 11.6. The van der Waals surface area contributed by atoms with E-state index in [4.69, 9.17) is 9.47 Å². The average Bonchev–Trinajstić information content (AvgIpc) is 3.06. The average molecular weight is 555 g/mol. The lowest BCUT2D eigenvalue weighted by Crippen LogP contribution is -2.54. The van der Waals surface area contributed by atoms with E-state index in [0.29, 0.717) is 29.3 Å². The number of hydrogen-bond acceptors (Lipinski definition) is 6. The molecule has 0 fully saturated rings. The van der Waals surface area contributed by atoms with Gasteiger partial charge in [0, 0.05) is 23.5 Å². The minimum absolute atomic E-state index is 0.00964. The molecule has 7 nitrogen and oxygen atoms in total. The Morgan fingerprint density at radius 1 is 1.00 bits per heavy atom. The minimum Gasteiger partial charge on any atom is -0.497 e. The zero-order valence-electron chi connectivity index (χ0n) is 20.7. The zero-order chi connectivity index (χ0) is 28.6. The number of carbonyl (C=O) groups excluding carboxylic acids is 1. The van der Waals surface area contributed by atoms with E-state index in [-0.39, 0.29) is 36.3 Å². The second-order valence-corrected chi connectivity index (χ2v) is 8.97. The summed E-state index contributed by atoms with van der Waals surface area (Å²) in [4.78, 5) is 22.7. The molecular weight excluding hydrogens is 532 g/mol. The molecule has 1 amide bonds. The number of methoxy groups -OCH3 is 1. The lowest BCUT2D eigenvalue weighted by atomic mass is 9.89. The first-order chi connectivity index (χ1) is 18.2. The second-order valence-electron chi connectivity index (χ2n) is 8.97. The summed E-state index contributed by atoms with van der Waals surface area (Å²) in [6.07, 6.45) is -10.1. The van der Waals surface area contributed by atoms with Crippen molar-refractivity contribution in [3.8, 4) is 11.5 Å². The third-order valence-corrected chi connectivity index (χ3v) is 6.32. The molecular formula is C26H23F6N3O4. The van der Waals surface area contributed by atoms with Crippen LogP contribution in [-0.2, 0) is 12.0 Å². The number of carbonyl (C=O) groups is 1. The molecule has 1 aliphatic rings. The van der Waals surface area contributed by atoms with E-state index in [1.54, 1.807) is 31.2 Å². The fraction of sp³-hybridized carbons (Fsp3) is 0.346. The molecule has 0 spiro atoms. The Hall–Kier alpha value is -3.87. The number of anilines is 1. The molecule has 0 saturated carbocycles. The fourth-order valence-electron chi connectivity index (χ4n) is 4.27. The van der Waals surface area contributed by atoms with Crippen LogP contribution in [0, 0.1) is 6.92 Å². The maximum absolute atomic E-state index is 13.5. The summed E-state index contributed by atoms with van der Waals surface area (Å²) in [6, 6.07) is 8.71. The summed E-state index contributed by atoms with van der Waals surface area (Å²) in [5.74, 6) is 0.201. The molecule has 13 heteroatoms. The zero-order valence-corrected chi connectivity index (χ0v) is 20.7. The summed E-state index contributed by atoms with van der Waals surface area (Å²) in [6.45, 7) is 1.56. The van der Waals surface area contributed by atoms with Crippen LogP contribution in [0.4, 0.5) is 32.0 Å². The predicted octanol–water partition coefficient (Wildman–Crippen LogP) is 5.15. The van der Waals surface area contributed by atoms with Gasteiger partial charge in [0.2, 0.25) is 0 Å². The Morgan fingerprint density at radius 2 is 1.69 bits per heavy atom. The maximum Gasteiger partial charge on any atom is 0.430 e. The number of hydrogen-bond donors (Lipinski definition) is 1. The number of aliphatic hydroxyl groups is 1. The third-order valence-electron chi connectivity index (χ3n) is 6.32. The van der Waals surface area contributed by atoms with Gasteiger partial charge in [0.05, 0.1) is 25.5 Å². The van der Waals surface area contributed by atoms with E-state index in [1.165, 1.54) is 24.4 Å². The standard InChI is InChI=1S/C26H23F6N3O4/c1-15-12-34-21(13-33-15)23(36)35-14-20(39-19-5-3-4-18(11-19)38-2)8-6-16-10-17(7-9-22(16)35)24(37,25(27,28)29)26(30,31)32/h3-5,7,9-13,20,37H,6,8,14H2,1-2H3. The Labute approximate surface area is 219 Å². The number of amides is 1. The van der Waals surface area contributed by atoms with Gasteiger partial charge < -0.3 is 19.5 Å². The molecule has 1 atom stereocenters. The highest BCUT2D eigenvalue weighted by molar-refractivity contribution is 6.05. The van der Waals surface area contributed by atoms with Crippen LogP contribution in [0.5, 0.6) is 11.5 Å². The predicted molar refractivity (Wildman–Crippen MR) is 127 cm³/mol. The van der Waals surface area contributed by atoms with Gasteiger partial charge in [-0.3, -0.25) is 9.78 Å². The van der Waals surface area contributed by atoms with Crippen LogP contribution in [-0.4, -0.2) is 53.1 Å². The van der Waals surface area contributed by atoms with Crippen molar-refractivity contribution in [2.24, 2.45) is 0 Å². The molecule has 2 aromatic carbocycles. The van der Waals surface area contributed by atoms with E-state index in [0.717, 1.165) is 6.07 Å². The lowest BCUT2D eigenvalue weighted by molar-refractivity contribution is -0.376. The van der Waals surface area contributed by atoms with Crippen molar-refractivity contribution in [1.29, 1.82) is 0 Å². The Morgan fingerprint density at radius 3 is 2.31 bits per heavy atom. The molecule has 0 saturated heterocycles. The number of aryl methyl sites for hydroxylation is 2. The van der Waals surface area contributed by atoms with Crippen molar-refractivity contribution < 1.29 is 45.7 Å². The van der Waals surface area contributed by atoms with Crippen LogP contribution in [0.15, 0.2) is 54.9 Å². The molecule has 0 radical (unpaired) electrons. The minimum atomic E-state index is -6.05. The maximum atomic E-state index is 13.5. The van der Waals surface area contributed by atoms with E-state index in [9.17, 15) is 36.2 Å². The number of halogens is 6. The Bertz CT molecular complexity index is 1330. The molecule has 1 aliphatic heterocycles. The van der Waals surface area contributed by atoms with Crippen molar-refractivity contribution >= 4 is 11.6 Å². The van der Waals surface area contributed by atoms with Crippen molar-refractivity contribution in [3.63, 3.8) is 0 Å². The highest BCUT2D eigenvalue weighted by atomic mass is 19.4. The molecule has 208 valence electrons. The smallest absolute Gasteiger partial charge is 0.430 e. The Kier molecular flexibility index (Phi) is 7.48. The van der Waals surface area contributed by atoms with Crippen LogP contribution >= 0.6 is 0 Å². The quantitative estimate of drug-likeness (QED) is 0.439. The van der Waals surface area contributed by atoms with Crippen LogP contribution in [0.3, 0.4) is 0 Å². The topological polar surface area (TPSA) is 84.8 Å². The molecule has 3 aromatic rings. The molecule has 1 unspecified atom stereocenters. The highest BCUT2D eigenvalue weighted by Gasteiger charge is 2.71. The van der Waals surface area contributed by atoms with Crippen molar-refractivity contribution in [3.05, 3.63) is 77.4 Å². The van der Waals surface area contributed by atoms with Gasteiger partial charge in [-0.05, 0) is 43.5 Å². The second kappa shape index (κ2) is 10.4. The highest BCUT2D eigenvalue weighted by Crippen LogP contribution is 2.50. The van der Waals surface area contributed by atoms with Gasteiger partial charge in [-0.1, -0.05) is 18.2 Å². The van der Waals surface area contributed by atoms with Gasteiger partial charge in [0.25, 0.3) is 11.5 Å². The number of benzene rings is 2. The van der Waals surface area contributed by atoms with E-state index < -0.39 is 35.5 Å². The Balaban J connectivity index is 1.77. The number of aromatic nitrogens is 2. The number of rotatable bonds is 5. The van der Waals surface area contributed by atoms with Gasteiger partial charge >= 0.3 is 12.4 Å². The number of ether oxygens (including phenoxy) is 2. The molecule has 1 aromatic heterocycles. The van der Waals surface area contributed by atoms with Crippen molar-refractivity contribution in [2.45, 2.75) is 43.8 Å². The monoisotopic (exact) mass is 555 g/mol. The number of fused-ring (bicyclic) bond motifs is 1. The van der Waals surface area contributed by atoms with Gasteiger partial charge in [0.15, 0.2) is 0 Å². The van der Waals surface area contributed by atoms with Gasteiger partial charge in [-0.15, -0.1) is 0 Å². The number of alkyl halides is 6. The van der Waals surface area contributed by atoms with Gasteiger partial charge in [-0.2, -0.15) is 26.3 Å². The largest absolute Gasteiger partial charge is 0.497 e. The summed E-state index contributed by atoms with van der Waals surface area (Å²) in [5.41, 5.74) is -6.00. The van der Waals surface area contributed by atoms with Crippen LogP contribution in [0.25, 0.3) is 0 Å². The SMILES string of the molecule is COc1cccc(OC2CCc3cc(C(O)(C(F)(F)F)C(F)(F)F)ccc3N(C(=O)c3cnc(C)cn3)C2)c1.